The van der Waals surface area contributed by atoms with Gasteiger partial charge in [0.05, 0.1) is 0 Å². The largest absolute Gasteiger partial charge is 0.309 e. The molecule has 0 saturated heterocycles. The van der Waals surface area contributed by atoms with E-state index in [1.807, 2.05) is 13.0 Å². The van der Waals surface area contributed by atoms with Crippen LogP contribution in [-0.2, 0) is 10.2 Å². The average molecular weight is 216 g/mol. The van der Waals surface area contributed by atoms with Gasteiger partial charge in [0.15, 0.2) is 0 Å². The molecular formula is C10H13FO2S. The second-order valence-electron chi connectivity index (χ2n) is 3.48. The van der Waals surface area contributed by atoms with Crippen molar-refractivity contribution in [1.29, 1.82) is 0 Å². The van der Waals surface area contributed by atoms with Crippen LogP contribution in [0.2, 0.25) is 0 Å². The van der Waals surface area contributed by atoms with Crippen molar-refractivity contribution in [2.75, 3.05) is 0 Å². The molecule has 0 spiro atoms. The van der Waals surface area contributed by atoms with Gasteiger partial charge in [-0.3, -0.25) is 0 Å². The first-order valence-electron chi connectivity index (χ1n) is 4.33. The monoisotopic (exact) mass is 216 g/mol. The molecule has 4 heteroatoms. The highest BCUT2D eigenvalue weighted by Crippen LogP contribution is 2.26. The summed E-state index contributed by atoms with van der Waals surface area (Å²) in [5.74, 6) is 0. The Kier molecular flexibility index (Phi) is 2.95. The SMILES string of the molecule is Cc1ccc(C)c(C(C)S(=O)(=O)F)c1. The van der Waals surface area contributed by atoms with Gasteiger partial charge in [0.25, 0.3) is 0 Å². The van der Waals surface area contributed by atoms with E-state index in [1.165, 1.54) is 6.92 Å². The molecule has 1 atom stereocenters. The van der Waals surface area contributed by atoms with Gasteiger partial charge in [0.2, 0.25) is 0 Å². The molecular weight excluding hydrogens is 203 g/mol. The highest BCUT2D eigenvalue weighted by Gasteiger charge is 2.22. The van der Waals surface area contributed by atoms with Crippen LogP contribution in [0.5, 0.6) is 0 Å². The summed E-state index contributed by atoms with van der Waals surface area (Å²) in [4.78, 5) is 0. The molecule has 0 bridgehead atoms. The summed E-state index contributed by atoms with van der Waals surface area (Å²) in [5, 5.41) is -1.08. The van der Waals surface area contributed by atoms with E-state index >= 15 is 0 Å². The van der Waals surface area contributed by atoms with Crippen LogP contribution in [0.3, 0.4) is 0 Å². The van der Waals surface area contributed by atoms with Crippen LogP contribution in [0.15, 0.2) is 18.2 Å². The Morgan fingerprint density at radius 2 is 1.86 bits per heavy atom. The first kappa shape index (κ1) is 11.2. The molecule has 0 aromatic heterocycles. The zero-order chi connectivity index (χ0) is 10.9. The maximum atomic E-state index is 12.8. The van der Waals surface area contributed by atoms with Gasteiger partial charge in [-0.15, -0.1) is 3.89 Å². The number of hydrogen-bond donors (Lipinski definition) is 0. The first-order chi connectivity index (χ1) is 6.32. The van der Waals surface area contributed by atoms with E-state index in [2.05, 4.69) is 0 Å². The summed E-state index contributed by atoms with van der Waals surface area (Å²) in [5.41, 5.74) is 2.26. The molecule has 14 heavy (non-hydrogen) atoms. The molecule has 0 radical (unpaired) electrons. The quantitative estimate of drug-likeness (QED) is 0.712. The van der Waals surface area contributed by atoms with Gasteiger partial charge in [0.1, 0.15) is 5.25 Å². The van der Waals surface area contributed by atoms with Gasteiger partial charge in [-0.1, -0.05) is 23.8 Å². The Morgan fingerprint density at radius 1 is 1.29 bits per heavy atom. The molecule has 0 aliphatic carbocycles. The molecule has 0 amide bonds. The zero-order valence-electron chi connectivity index (χ0n) is 8.41. The second-order valence-corrected chi connectivity index (χ2v) is 5.14. The molecule has 1 rings (SSSR count). The Balaban J connectivity index is 3.26. The van der Waals surface area contributed by atoms with Crippen molar-refractivity contribution in [3.05, 3.63) is 34.9 Å². The smallest absolute Gasteiger partial charge is 0.194 e. The number of halogens is 1. The van der Waals surface area contributed by atoms with E-state index in [9.17, 15) is 12.3 Å². The average Bonchev–Trinajstić information content (AvgIpc) is 2.06. The Bertz CT molecular complexity index is 437. The van der Waals surface area contributed by atoms with Crippen LogP contribution >= 0.6 is 0 Å². The predicted octanol–water partition coefficient (Wildman–Crippen LogP) is 2.66. The topological polar surface area (TPSA) is 34.1 Å². The van der Waals surface area contributed by atoms with Crippen LogP contribution < -0.4 is 0 Å². The minimum absolute atomic E-state index is 0.535. The van der Waals surface area contributed by atoms with Gasteiger partial charge in [-0.25, -0.2) is 0 Å². The molecule has 1 unspecified atom stereocenters. The van der Waals surface area contributed by atoms with E-state index < -0.39 is 15.5 Å². The van der Waals surface area contributed by atoms with E-state index in [-0.39, 0.29) is 0 Å². The lowest BCUT2D eigenvalue weighted by atomic mass is 10.0. The Hall–Kier alpha value is -0.900. The normalized spacial score (nSPS) is 14.0. The zero-order valence-corrected chi connectivity index (χ0v) is 9.23. The lowest BCUT2D eigenvalue weighted by Gasteiger charge is -2.11. The minimum Gasteiger partial charge on any atom is -0.194 e. The molecule has 1 aromatic carbocycles. The lowest BCUT2D eigenvalue weighted by Crippen LogP contribution is -2.05. The molecule has 78 valence electrons. The van der Waals surface area contributed by atoms with Crippen molar-refractivity contribution in [2.24, 2.45) is 0 Å². The van der Waals surface area contributed by atoms with Gasteiger partial charge >= 0.3 is 10.2 Å². The molecule has 0 saturated carbocycles. The summed E-state index contributed by atoms with van der Waals surface area (Å²) in [6.07, 6.45) is 0. The predicted molar refractivity (Wildman–Crippen MR) is 54.4 cm³/mol. The van der Waals surface area contributed by atoms with Gasteiger partial charge in [-0.2, -0.15) is 8.42 Å². The minimum atomic E-state index is -4.50. The van der Waals surface area contributed by atoms with Gasteiger partial charge in [-0.05, 0) is 31.9 Å². The Labute approximate surface area is 84.0 Å². The van der Waals surface area contributed by atoms with Gasteiger partial charge in [0, 0.05) is 0 Å². The highest BCUT2D eigenvalue weighted by atomic mass is 32.3. The summed E-state index contributed by atoms with van der Waals surface area (Å²) in [7, 11) is -4.50. The van der Waals surface area contributed by atoms with Crippen molar-refractivity contribution in [3.8, 4) is 0 Å². The maximum Gasteiger partial charge on any atom is 0.309 e. The maximum absolute atomic E-state index is 12.8. The van der Waals surface area contributed by atoms with E-state index in [0.717, 1.165) is 11.1 Å². The summed E-state index contributed by atoms with van der Waals surface area (Å²) >= 11 is 0. The van der Waals surface area contributed by atoms with E-state index in [0.29, 0.717) is 5.56 Å². The fourth-order valence-electron chi connectivity index (χ4n) is 1.35. The Morgan fingerprint density at radius 3 is 2.36 bits per heavy atom. The molecule has 0 fully saturated rings. The number of benzene rings is 1. The molecule has 2 nitrogen and oxygen atoms in total. The van der Waals surface area contributed by atoms with E-state index in [4.69, 9.17) is 0 Å². The van der Waals surface area contributed by atoms with Crippen molar-refractivity contribution >= 4 is 10.2 Å². The van der Waals surface area contributed by atoms with Crippen molar-refractivity contribution in [2.45, 2.75) is 26.0 Å². The van der Waals surface area contributed by atoms with Crippen LogP contribution in [0.1, 0.15) is 28.9 Å². The third-order valence-corrected chi connectivity index (χ3v) is 3.39. The summed E-state index contributed by atoms with van der Waals surface area (Å²) in [6.45, 7) is 4.98. The highest BCUT2D eigenvalue weighted by molar-refractivity contribution is 7.86. The third-order valence-electron chi connectivity index (χ3n) is 2.30. The number of hydrogen-bond acceptors (Lipinski definition) is 2. The summed E-state index contributed by atoms with van der Waals surface area (Å²) < 4.78 is 34.2. The lowest BCUT2D eigenvalue weighted by molar-refractivity contribution is 0.540. The molecule has 0 aliphatic heterocycles. The second kappa shape index (κ2) is 3.69. The molecule has 0 aliphatic rings. The number of aryl methyl sites for hydroxylation is 2. The summed E-state index contributed by atoms with van der Waals surface area (Å²) in [6, 6.07) is 5.37. The van der Waals surface area contributed by atoms with Crippen LogP contribution in [-0.4, -0.2) is 8.42 Å². The van der Waals surface area contributed by atoms with Gasteiger partial charge < -0.3 is 0 Å². The molecule has 1 aromatic rings. The van der Waals surface area contributed by atoms with Crippen LogP contribution in [0.4, 0.5) is 3.89 Å². The van der Waals surface area contributed by atoms with E-state index in [1.54, 1.807) is 19.1 Å². The number of rotatable bonds is 2. The van der Waals surface area contributed by atoms with Crippen molar-refractivity contribution in [3.63, 3.8) is 0 Å². The fourth-order valence-corrected chi connectivity index (χ4v) is 1.91. The van der Waals surface area contributed by atoms with Crippen LogP contribution in [0, 0.1) is 13.8 Å². The fraction of sp³-hybridized carbons (Fsp3) is 0.400. The van der Waals surface area contributed by atoms with Crippen molar-refractivity contribution < 1.29 is 12.3 Å². The molecule has 0 N–H and O–H groups in total. The third kappa shape index (κ3) is 2.32. The molecule has 0 heterocycles. The van der Waals surface area contributed by atoms with Crippen molar-refractivity contribution in [1.82, 2.24) is 0 Å². The standard InChI is InChI=1S/C10H13FO2S/c1-7-4-5-8(2)10(6-7)9(3)14(11,12)13/h4-6,9H,1-3H3. The van der Waals surface area contributed by atoms with Crippen LogP contribution in [0.25, 0.3) is 0 Å². The first-order valence-corrected chi connectivity index (χ1v) is 5.77.